The molecule has 2 aromatic carbocycles. The van der Waals surface area contributed by atoms with E-state index in [9.17, 15) is 9.90 Å². The molecule has 8 heteroatoms. The summed E-state index contributed by atoms with van der Waals surface area (Å²) in [7, 11) is 0. The van der Waals surface area contributed by atoms with Gasteiger partial charge in [0.2, 0.25) is 0 Å². The Morgan fingerprint density at radius 3 is 2.70 bits per heavy atom. The molecule has 174 valence electrons. The van der Waals surface area contributed by atoms with Gasteiger partial charge < -0.3 is 19.7 Å². The van der Waals surface area contributed by atoms with Crippen LogP contribution in [0.1, 0.15) is 42.6 Å². The van der Waals surface area contributed by atoms with Gasteiger partial charge in [-0.15, -0.1) is 0 Å². The fraction of sp³-hybridized carbons (Fsp3) is 0.360. The lowest BCUT2D eigenvalue weighted by molar-refractivity contribution is 0.110. The van der Waals surface area contributed by atoms with E-state index < -0.39 is 12.1 Å². The lowest BCUT2D eigenvalue weighted by atomic mass is 10.0. The van der Waals surface area contributed by atoms with Gasteiger partial charge in [-0.1, -0.05) is 59.2 Å². The second-order valence-corrected chi connectivity index (χ2v) is 8.67. The van der Waals surface area contributed by atoms with Crippen LogP contribution in [0.2, 0.25) is 5.02 Å². The molecule has 0 bridgehead atoms. The van der Waals surface area contributed by atoms with E-state index in [1.807, 2.05) is 42.5 Å². The van der Waals surface area contributed by atoms with Gasteiger partial charge in [0.25, 0.3) is 0 Å². The van der Waals surface area contributed by atoms with Gasteiger partial charge in [-0.2, -0.15) is 0 Å². The number of aromatic nitrogens is 1. The highest BCUT2D eigenvalue weighted by Crippen LogP contribution is 2.39. The number of hydrogen-bond acceptors (Lipinski definition) is 5. The summed E-state index contributed by atoms with van der Waals surface area (Å²) in [5, 5.41) is 18.1. The summed E-state index contributed by atoms with van der Waals surface area (Å²) in [5.41, 5.74) is 3.49. The van der Waals surface area contributed by atoms with Crippen molar-refractivity contribution >= 4 is 23.4 Å². The highest BCUT2D eigenvalue weighted by Gasteiger charge is 2.31. The van der Waals surface area contributed by atoms with Crippen LogP contribution in [0.15, 0.2) is 53.1 Å². The van der Waals surface area contributed by atoms with E-state index in [-0.39, 0.29) is 0 Å². The van der Waals surface area contributed by atoms with E-state index in [0.717, 1.165) is 43.7 Å². The van der Waals surface area contributed by atoms with Crippen LogP contribution >= 0.6 is 11.6 Å². The maximum atomic E-state index is 12.3. The Labute approximate surface area is 198 Å². The van der Waals surface area contributed by atoms with Crippen molar-refractivity contribution in [2.45, 2.75) is 45.4 Å². The largest absolute Gasteiger partial charge is 0.465 e. The third kappa shape index (κ3) is 5.21. The van der Waals surface area contributed by atoms with Crippen LogP contribution in [0.4, 0.5) is 10.5 Å². The predicted molar refractivity (Wildman–Crippen MR) is 128 cm³/mol. The van der Waals surface area contributed by atoms with Crippen molar-refractivity contribution in [1.82, 2.24) is 10.5 Å². The van der Waals surface area contributed by atoms with Crippen molar-refractivity contribution in [2.24, 2.45) is 0 Å². The molecule has 1 saturated heterocycles. The molecule has 3 aromatic rings. The Bertz CT molecular complexity index is 1090. The zero-order valence-electron chi connectivity index (χ0n) is 18.8. The molecule has 0 saturated carbocycles. The Morgan fingerprint density at radius 2 is 2.03 bits per heavy atom. The Balaban J connectivity index is 1.56. The summed E-state index contributed by atoms with van der Waals surface area (Å²) in [6.07, 6.45) is 1.42. The molecule has 1 aromatic heterocycles. The number of halogens is 1. The SMILES string of the molecule is Cc1noc(-c2ccc(CNCC3CCCO3)cc2)c1N(C(=O)O)C(C)c1ccccc1Cl. The highest BCUT2D eigenvalue weighted by molar-refractivity contribution is 6.31. The average molecular weight is 470 g/mol. The van der Waals surface area contributed by atoms with Crippen molar-refractivity contribution in [3.63, 3.8) is 0 Å². The molecule has 1 fully saturated rings. The number of ether oxygens (including phenoxy) is 1. The summed E-state index contributed by atoms with van der Waals surface area (Å²) in [5.74, 6) is 0.410. The van der Waals surface area contributed by atoms with Crippen LogP contribution in [-0.4, -0.2) is 35.6 Å². The number of benzene rings is 2. The number of rotatable bonds is 8. The van der Waals surface area contributed by atoms with Crippen LogP contribution in [0, 0.1) is 6.92 Å². The number of hydrogen-bond donors (Lipinski definition) is 2. The zero-order chi connectivity index (χ0) is 23.4. The Hall–Kier alpha value is -2.87. The smallest absolute Gasteiger partial charge is 0.412 e. The second-order valence-electron chi connectivity index (χ2n) is 8.26. The highest BCUT2D eigenvalue weighted by atomic mass is 35.5. The maximum absolute atomic E-state index is 12.3. The van der Waals surface area contributed by atoms with Crippen molar-refractivity contribution in [1.29, 1.82) is 0 Å². The Morgan fingerprint density at radius 1 is 1.27 bits per heavy atom. The lowest BCUT2D eigenvalue weighted by Crippen LogP contribution is -2.33. The molecule has 4 rings (SSSR count). The van der Waals surface area contributed by atoms with Gasteiger partial charge in [-0.25, -0.2) is 4.79 Å². The molecule has 2 N–H and O–H groups in total. The van der Waals surface area contributed by atoms with E-state index in [1.54, 1.807) is 19.9 Å². The minimum absolute atomic E-state index is 0.297. The van der Waals surface area contributed by atoms with Crippen molar-refractivity contribution in [3.8, 4) is 11.3 Å². The topological polar surface area (TPSA) is 87.8 Å². The standard InChI is InChI=1S/C25H28ClN3O4/c1-16-23(29(25(30)31)17(2)21-7-3-4-8-22(21)26)24(33-28-16)19-11-9-18(10-12-19)14-27-15-20-6-5-13-32-20/h3-4,7-12,17,20,27H,5-6,13-15H2,1-2H3,(H,30,31). The van der Waals surface area contributed by atoms with Crippen LogP contribution in [0.5, 0.6) is 0 Å². The number of amides is 1. The van der Waals surface area contributed by atoms with Gasteiger partial charge in [0.05, 0.1) is 12.1 Å². The summed E-state index contributed by atoms with van der Waals surface area (Å²) < 4.78 is 11.2. The first-order chi connectivity index (χ1) is 16.0. The van der Waals surface area contributed by atoms with Gasteiger partial charge in [-0.3, -0.25) is 4.90 Å². The van der Waals surface area contributed by atoms with Crippen molar-refractivity contribution < 1.29 is 19.2 Å². The van der Waals surface area contributed by atoms with Crippen molar-refractivity contribution in [2.75, 3.05) is 18.1 Å². The summed E-state index contributed by atoms with van der Waals surface area (Å²) >= 11 is 6.35. The fourth-order valence-corrected chi connectivity index (χ4v) is 4.50. The minimum Gasteiger partial charge on any atom is -0.465 e. The van der Waals surface area contributed by atoms with Crippen LogP contribution < -0.4 is 10.2 Å². The molecule has 7 nitrogen and oxygen atoms in total. The maximum Gasteiger partial charge on any atom is 0.412 e. The van der Waals surface area contributed by atoms with Crippen LogP contribution in [0.3, 0.4) is 0 Å². The quantitative estimate of drug-likeness (QED) is 0.432. The average Bonchev–Trinajstić information content (AvgIpc) is 3.45. The number of nitrogens with one attached hydrogen (secondary N) is 1. The zero-order valence-corrected chi connectivity index (χ0v) is 19.5. The number of anilines is 1. The number of aryl methyl sites for hydroxylation is 1. The molecule has 0 aliphatic carbocycles. The molecule has 33 heavy (non-hydrogen) atoms. The van der Waals surface area contributed by atoms with Crippen LogP contribution in [-0.2, 0) is 11.3 Å². The predicted octanol–water partition coefficient (Wildman–Crippen LogP) is 5.82. The number of nitrogens with zero attached hydrogens (tertiary/aromatic N) is 2. The van der Waals surface area contributed by atoms with Gasteiger partial charge >= 0.3 is 6.09 Å². The van der Waals surface area contributed by atoms with Gasteiger partial charge in [0.15, 0.2) is 5.76 Å². The lowest BCUT2D eigenvalue weighted by Gasteiger charge is -2.27. The number of carboxylic acid groups (broad SMARTS) is 1. The summed E-state index contributed by atoms with van der Waals surface area (Å²) in [6, 6.07) is 14.5. The molecule has 2 atom stereocenters. The normalized spacial score (nSPS) is 16.6. The molecule has 0 spiro atoms. The van der Waals surface area contributed by atoms with E-state index in [0.29, 0.717) is 33.8 Å². The van der Waals surface area contributed by atoms with E-state index >= 15 is 0 Å². The first-order valence-corrected chi connectivity index (χ1v) is 11.5. The fourth-order valence-electron chi connectivity index (χ4n) is 4.20. The third-order valence-corrected chi connectivity index (χ3v) is 6.31. The van der Waals surface area contributed by atoms with Crippen molar-refractivity contribution in [3.05, 3.63) is 70.4 Å². The molecule has 2 heterocycles. The molecule has 1 aliphatic rings. The van der Waals surface area contributed by atoms with E-state index in [1.165, 1.54) is 4.90 Å². The first kappa shape index (κ1) is 23.3. The van der Waals surface area contributed by atoms with Gasteiger partial charge in [0, 0.05) is 30.3 Å². The van der Waals surface area contributed by atoms with Gasteiger partial charge in [0.1, 0.15) is 11.4 Å². The minimum atomic E-state index is -1.11. The second kappa shape index (κ2) is 10.4. The molecule has 2 unspecified atom stereocenters. The van der Waals surface area contributed by atoms with E-state index in [2.05, 4.69) is 10.5 Å². The summed E-state index contributed by atoms with van der Waals surface area (Å²) in [6.45, 7) is 5.95. The molecule has 1 aliphatic heterocycles. The molecular weight excluding hydrogens is 442 g/mol. The third-order valence-electron chi connectivity index (χ3n) is 5.96. The number of carbonyl (C=O) groups is 1. The molecule has 0 radical (unpaired) electrons. The first-order valence-electron chi connectivity index (χ1n) is 11.1. The molecular formula is C25H28ClN3O4. The van der Waals surface area contributed by atoms with E-state index in [4.69, 9.17) is 20.9 Å². The monoisotopic (exact) mass is 469 g/mol. The summed E-state index contributed by atoms with van der Waals surface area (Å²) in [4.78, 5) is 13.6. The van der Waals surface area contributed by atoms with Gasteiger partial charge in [-0.05, 0) is 43.9 Å². The Kier molecular flexibility index (Phi) is 7.33. The van der Waals surface area contributed by atoms with Crippen LogP contribution in [0.25, 0.3) is 11.3 Å². The molecule has 1 amide bonds.